The molecule has 1 fully saturated rings. The van der Waals surface area contributed by atoms with Crippen LogP contribution in [0.15, 0.2) is 18.2 Å². The summed E-state index contributed by atoms with van der Waals surface area (Å²) in [7, 11) is 1.66. The minimum atomic E-state index is 0.414. The molecule has 0 aromatic heterocycles. The lowest BCUT2D eigenvalue weighted by atomic mass is 9.83. The Morgan fingerprint density at radius 1 is 1.29 bits per heavy atom. The number of rotatable bonds is 3. The van der Waals surface area contributed by atoms with Gasteiger partial charge in [-0.1, -0.05) is 17.7 Å². The fourth-order valence-corrected chi connectivity index (χ4v) is 2.77. The standard InChI is InChI=1S/C14H20ClNO/c1-17-13-7-4-11(14(15)9-13)8-10-2-5-12(16)6-3-10/h4,7,9-10,12H,2-3,5-6,8,16H2,1H3. The Labute approximate surface area is 108 Å². The third-order valence-corrected chi connectivity index (χ3v) is 4.01. The van der Waals surface area contributed by atoms with E-state index in [9.17, 15) is 0 Å². The normalized spacial score (nSPS) is 24.6. The van der Waals surface area contributed by atoms with Crippen LogP contribution in [0.2, 0.25) is 5.02 Å². The molecule has 2 N–H and O–H groups in total. The average Bonchev–Trinajstić information content (AvgIpc) is 2.34. The Kier molecular flexibility index (Phi) is 4.30. The number of hydrogen-bond acceptors (Lipinski definition) is 2. The molecule has 0 saturated heterocycles. The third-order valence-electron chi connectivity index (χ3n) is 3.66. The van der Waals surface area contributed by atoms with Crippen molar-refractivity contribution in [2.45, 2.75) is 38.1 Å². The van der Waals surface area contributed by atoms with Gasteiger partial charge in [-0.05, 0) is 55.7 Å². The molecule has 0 aliphatic heterocycles. The van der Waals surface area contributed by atoms with Gasteiger partial charge in [0.05, 0.1) is 7.11 Å². The number of methoxy groups -OCH3 is 1. The molecule has 0 radical (unpaired) electrons. The first-order valence-electron chi connectivity index (χ1n) is 6.27. The maximum atomic E-state index is 6.25. The van der Waals surface area contributed by atoms with Gasteiger partial charge in [-0.2, -0.15) is 0 Å². The molecule has 1 saturated carbocycles. The van der Waals surface area contributed by atoms with Crippen LogP contribution in [0.4, 0.5) is 0 Å². The number of nitrogens with two attached hydrogens (primary N) is 1. The Morgan fingerprint density at radius 2 is 2.00 bits per heavy atom. The van der Waals surface area contributed by atoms with E-state index in [1.54, 1.807) is 7.11 Å². The fraction of sp³-hybridized carbons (Fsp3) is 0.571. The van der Waals surface area contributed by atoms with E-state index in [0.29, 0.717) is 6.04 Å². The van der Waals surface area contributed by atoms with Crippen molar-refractivity contribution in [1.29, 1.82) is 0 Å². The smallest absolute Gasteiger partial charge is 0.120 e. The zero-order valence-corrected chi connectivity index (χ0v) is 11.0. The number of hydrogen-bond donors (Lipinski definition) is 1. The van der Waals surface area contributed by atoms with Crippen molar-refractivity contribution >= 4 is 11.6 Å². The van der Waals surface area contributed by atoms with Gasteiger partial charge < -0.3 is 10.5 Å². The van der Waals surface area contributed by atoms with Crippen molar-refractivity contribution in [2.24, 2.45) is 11.7 Å². The SMILES string of the molecule is COc1ccc(CC2CCC(N)CC2)c(Cl)c1. The second-order valence-electron chi connectivity index (χ2n) is 4.94. The summed E-state index contributed by atoms with van der Waals surface area (Å²) in [5.74, 6) is 1.56. The van der Waals surface area contributed by atoms with Crippen molar-refractivity contribution in [3.05, 3.63) is 28.8 Å². The van der Waals surface area contributed by atoms with Gasteiger partial charge in [-0.3, -0.25) is 0 Å². The Morgan fingerprint density at radius 3 is 2.59 bits per heavy atom. The highest BCUT2D eigenvalue weighted by molar-refractivity contribution is 6.31. The van der Waals surface area contributed by atoms with Crippen LogP contribution in [0.5, 0.6) is 5.75 Å². The number of benzene rings is 1. The molecule has 1 aliphatic carbocycles. The summed E-state index contributed by atoms with van der Waals surface area (Å²) in [6, 6.07) is 6.37. The van der Waals surface area contributed by atoms with E-state index >= 15 is 0 Å². The zero-order valence-electron chi connectivity index (χ0n) is 10.3. The van der Waals surface area contributed by atoms with Crippen molar-refractivity contribution in [1.82, 2.24) is 0 Å². The summed E-state index contributed by atoms with van der Waals surface area (Å²) < 4.78 is 5.15. The second kappa shape index (κ2) is 5.74. The van der Waals surface area contributed by atoms with Gasteiger partial charge in [0.2, 0.25) is 0 Å². The first kappa shape index (κ1) is 12.7. The van der Waals surface area contributed by atoms with Gasteiger partial charge in [0.1, 0.15) is 5.75 Å². The van der Waals surface area contributed by atoms with Gasteiger partial charge in [0.25, 0.3) is 0 Å². The molecule has 3 heteroatoms. The summed E-state index contributed by atoms with van der Waals surface area (Å²) in [6.07, 6.45) is 5.82. The summed E-state index contributed by atoms with van der Waals surface area (Å²) in [5.41, 5.74) is 7.15. The van der Waals surface area contributed by atoms with Gasteiger partial charge in [0, 0.05) is 11.1 Å². The molecular weight excluding hydrogens is 234 g/mol. The molecule has 0 amide bonds. The lowest BCUT2D eigenvalue weighted by molar-refractivity contribution is 0.325. The first-order chi connectivity index (χ1) is 8.19. The van der Waals surface area contributed by atoms with Crippen LogP contribution in [0.25, 0.3) is 0 Å². The average molecular weight is 254 g/mol. The minimum absolute atomic E-state index is 0.414. The van der Waals surface area contributed by atoms with E-state index in [0.717, 1.165) is 36.0 Å². The van der Waals surface area contributed by atoms with Crippen LogP contribution in [0.3, 0.4) is 0 Å². The Bertz CT molecular complexity index is 372. The first-order valence-corrected chi connectivity index (χ1v) is 6.65. The van der Waals surface area contributed by atoms with Gasteiger partial charge in [-0.25, -0.2) is 0 Å². The lowest BCUT2D eigenvalue weighted by Crippen LogP contribution is -2.27. The van der Waals surface area contributed by atoms with Gasteiger partial charge in [0.15, 0.2) is 0 Å². The molecule has 1 aromatic carbocycles. The van der Waals surface area contributed by atoms with Crippen LogP contribution in [0, 0.1) is 5.92 Å². The van der Waals surface area contributed by atoms with Crippen LogP contribution >= 0.6 is 11.6 Å². The molecule has 0 heterocycles. The maximum Gasteiger partial charge on any atom is 0.120 e. The van der Waals surface area contributed by atoms with E-state index in [1.807, 2.05) is 12.1 Å². The molecule has 2 nitrogen and oxygen atoms in total. The molecular formula is C14H20ClNO. The van der Waals surface area contributed by atoms with Gasteiger partial charge in [-0.15, -0.1) is 0 Å². The maximum absolute atomic E-state index is 6.25. The molecule has 2 rings (SSSR count). The topological polar surface area (TPSA) is 35.2 Å². The largest absolute Gasteiger partial charge is 0.497 e. The molecule has 0 unspecified atom stereocenters. The van der Waals surface area contributed by atoms with Crippen LogP contribution < -0.4 is 10.5 Å². The van der Waals surface area contributed by atoms with E-state index in [2.05, 4.69) is 6.07 Å². The van der Waals surface area contributed by atoms with E-state index in [-0.39, 0.29) is 0 Å². The fourth-order valence-electron chi connectivity index (χ4n) is 2.52. The van der Waals surface area contributed by atoms with E-state index in [1.165, 1.54) is 18.4 Å². The van der Waals surface area contributed by atoms with Crippen molar-refractivity contribution in [3.8, 4) is 5.75 Å². The van der Waals surface area contributed by atoms with E-state index in [4.69, 9.17) is 22.1 Å². The third kappa shape index (κ3) is 3.36. The van der Waals surface area contributed by atoms with Crippen LogP contribution in [0.1, 0.15) is 31.2 Å². The second-order valence-corrected chi connectivity index (χ2v) is 5.35. The molecule has 94 valence electrons. The van der Waals surface area contributed by atoms with Crippen LogP contribution in [-0.2, 0) is 6.42 Å². The number of ether oxygens (including phenoxy) is 1. The summed E-state index contributed by atoms with van der Waals surface area (Å²) in [5, 5.41) is 0.819. The highest BCUT2D eigenvalue weighted by atomic mass is 35.5. The highest BCUT2D eigenvalue weighted by Crippen LogP contribution is 2.30. The van der Waals surface area contributed by atoms with Crippen molar-refractivity contribution in [2.75, 3.05) is 7.11 Å². The van der Waals surface area contributed by atoms with Crippen molar-refractivity contribution in [3.63, 3.8) is 0 Å². The number of halogens is 1. The van der Waals surface area contributed by atoms with Gasteiger partial charge >= 0.3 is 0 Å². The molecule has 1 aromatic rings. The molecule has 0 bridgehead atoms. The quantitative estimate of drug-likeness (QED) is 0.896. The van der Waals surface area contributed by atoms with Crippen LogP contribution in [-0.4, -0.2) is 13.2 Å². The molecule has 1 aliphatic rings. The highest BCUT2D eigenvalue weighted by Gasteiger charge is 2.19. The minimum Gasteiger partial charge on any atom is -0.497 e. The molecule has 0 spiro atoms. The monoisotopic (exact) mass is 253 g/mol. The van der Waals surface area contributed by atoms with E-state index < -0.39 is 0 Å². The summed E-state index contributed by atoms with van der Waals surface area (Å²) in [6.45, 7) is 0. The Hall–Kier alpha value is -0.730. The Balaban J connectivity index is 1.99. The predicted molar refractivity (Wildman–Crippen MR) is 71.6 cm³/mol. The zero-order chi connectivity index (χ0) is 12.3. The summed E-state index contributed by atoms with van der Waals surface area (Å²) in [4.78, 5) is 0. The lowest BCUT2D eigenvalue weighted by Gasteiger charge is -2.26. The molecule has 17 heavy (non-hydrogen) atoms. The molecule has 0 atom stereocenters. The summed E-state index contributed by atoms with van der Waals surface area (Å²) >= 11 is 6.25. The predicted octanol–water partition coefficient (Wildman–Crippen LogP) is 3.41. The van der Waals surface area contributed by atoms with Crippen molar-refractivity contribution < 1.29 is 4.74 Å².